The lowest BCUT2D eigenvalue weighted by Crippen LogP contribution is -2.29. The summed E-state index contributed by atoms with van der Waals surface area (Å²) in [5.74, 6) is 0.989. The van der Waals surface area contributed by atoms with Gasteiger partial charge < -0.3 is 0 Å². The first-order chi connectivity index (χ1) is 17.3. The highest BCUT2D eigenvalue weighted by molar-refractivity contribution is 7.98. The number of nitrogens with zero attached hydrogens (tertiary/aromatic N) is 5. The average molecular weight is 523 g/mol. The molecule has 8 nitrogen and oxygen atoms in total. The Balaban J connectivity index is 1.52. The Labute approximate surface area is 217 Å². The first-order valence-electron chi connectivity index (χ1n) is 12.4. The smallest absolute Gasteiger partial charge is 0.272 e. The fourth-order valence-corrected chi connectivity index (χ4v) is 7.31. The van der Waals surface area contributed by atoms with E-state index in [0.717, 1.165) is 42.3 Å². The van der Waals surface area contributed by atoms with Gasteiger partial charge in [-0.2, -0.15) is 5.26 Å². The summed E-state index contributed by atoms with van der Waals surface area (Å²) in [4.78, 5) is 37.8. The Kier molecular flexibility index (Phi) is 6.55. The van der Waals surface area contributed by atoms with E-state index in [0.29, 0.717) is 40.3 Å². The van der Waals surface area contributed by atoms with Crippen molar-refractivity contribution in [1.29, 1.82) is 5.26 Å². The molecule has 0 saturated heterocycles. The highest BCUT2D eigenvalue weighted by atomic mass is 32.2. The topological polar surface area (TPSA) is 109 Å². The molecule has 0 aliphatic heterocycles. The van der Waals surface area contributed by atoms with Gasteiger partial charge in [-0.1, -0.05) is 45.9 Å². The van der Waals surface area contributed by atoms with E-state index in [2.05, 4.69) is 43.8 Å². The molecule has 5 rings (SSSR count). The standard InChI is InChI=1S/C26H30N6O2S2/c1-5-9-31-24(34)21-18-8-7-16(26(3,4)6-2)10-19(18)36-23(21)30-25(31)35-14-17-11-20(33)32-22(29-17)15(12-27)13-28-32/h11,13,16,28H,5-10,14H2,1-4H3. The molecule has 1 aliphatic rings. The highest BCUT2D eigenvalue weighted by Crippen LogP contribution is 2.44. The van der Waals surface area contributed by atoms with E-state index in [9.17, 15) is 14.9 Å². The van der Waals surface area contributed by atoms with Crippen molar-refractivity contribution in [3.63, 3.8) is 0 Å². The number of nitrogens with one attached hydrogen (secondary N) is 1. The molecular weight excluding hydrogens is 492 g/mol. The molecule has 0 amide bonds. The molecule has 0 aromatic carbocycles. The Bertz CT molecular complexity index is 1620. The van der Waals surface area contributed by atoms with Crippen LogP contribution in [0.5, 0.6) is 0 Å². The van der Waals surface area contributed by atoms with Crippen LogP contribution in [0.25, 0.3) is 15.9 Å². The third-order valence-corrected chi connectivity index (χ3v) is 9.78. The molecular formula is C26H30N6O2S2. The molecule has 0 fully saturated rings. The predicted molar refractivity (Wildman–Crippen MR) is 144 cm³/mol. The van der Waals surface area contributed by atoms with Gasteiger partial charge in [0, 0.05) is 29.4 Å². The zero-order chi connectivity index (χ0) is 25.6. The van der Waals surface area contributed by atoms with Crippen molar-refractivity contribution in [1.82, 2.24) is 24.1 Å². The van der Waals surface area contributed by atoms with Crippen molar-refractivity contribution in [3.8, 4) is 6.07 Å². The molecule has 188 valence electrons. The summed E-state index contributed by atoms with van der Waals surface area (Å²) in [5.41, 5.74) is 2.42. The summed E-state index contributed by atoms with van der Waals surface area (Å²) in [6, 6.07) is 3.51. The quantitative estimate of drug-likeness (QED) is 0.273. The zero-order valence-electron chi connectivity index (χ0n) is 21.1. The van der Waals surface area contributed by atoms with Gasteiger partial charge in [-0.15, -0.1) is 11.3 Å². The van der Waals surface area contributed by atoms with E-state index in [-0.39, 0.29) is 16.5 Å². The lowest BCUT2D eigenvalue weighted by molar-refractivity contribution is 0.184. The maximum Gasteiger partial charge on any atom is 0.272 e. The van der Waals surface area contributed by atoms with Crippen molar-refractivity contribution in [2.45, 2.75) is 77.3 Å². The van der Waals surface area contributed by atoms with E-state index in [4.69, 9.17) is 4.98 Å². The van der Waals surface area contributed by atoms with Crippen LogP contribution in [-0.2, 0) is 25.1 Å². The van der Waals surface area contributed by atoms with Crippen LogP contribution in [0.4, 0.5) is 0 Å². The third-order valence-electron chi connectivity index (χ3n) is 7.62. The average Bonchev–Trinajstić information content (AvgIpc) is 3.45. The number of thioether (sulfide) groups is 1. The van der Waals surface area contributed by atoms with Crippen molar-refractivity contribution >= 4 is 39.0 Å². The summed E-state index contributed by atoms with van der Waals surface area (Å²) >= 11 is 3.08. The van der Waals surface area contributed by atoms with Crippen LogP contribution in [0.15, 0.2) is 27.0 Å². The lowest BCUT2D eigenvalue weighted by atomic mass is 9.70. The summed E-state index contributed by atoms with van der Waals surface area (Å²) < 4.78 is 3.04. The fraction of sp³-hybridized carbons (Fsp3) is 0.500. The van der Waals surface area contributed by atoms with Crippen molar-refractivity contribution in [2.75, 3.05) is 0 Å². The molecule has 0 bridgehead atoms. The monoisotopic (exact) mass is 522 g/mol. The second-order valence-corrected chi connectivity index (χ2v) is 12.2. The summed E-state index contributed by atoms with van der Waals surface area (Å²) in [6.07, 6.45) is 6.49. The van der Waals surface area contributed by atoms with E-state index in [1.807, 2.05) is 0 Å². The van der Waals surface area contributed by atoms with Crippen LogP contribution in [0.2, 0.25) is 0 Å². The van der Waals surface area contributed by atoms with Crippen LogP contribution in [0, 0.1) is 22.7 Å². The van der Waals surface area contributed by atoms with Crippen LogP contribution < -0.4 is 11.1 Å². The number of H-pyrrole nitrogens is 1. The molecule has 4 heterocycles. The number of thiophene rings is 1. The van der Waals surface area contributed by atoms with Crippen LogP contribution in [0.1, 0.15) is 68.7 Å². The van der Waals surface area contributed by atoms with Crippen molar-refractivity contribution in [2.24, 2.45) is 11.3 Å². The zero-order valence-corrected chi connectivity index (χ0v) is 22.7. The molecule has 1 atom stereocenters. The van der Waals surface area contributed by atoms with E-state index in [1.54, 1.807) is 15.9 Å². The fourth-order valence-electron chi connectivity index (χ4n) is 5.05. The van der Waals surface area contributed by atoms with Crippen LogP contribution in [-0.4, -0.2) is 24.1 Å². The highest BCUT2D eigenvalue weighted by Gasteiger charge is 2.33. The lowest BCUT2D eigenvalue weighted by Gasteiger charge is -2.36. The molecule has 0 radical (unpaired) electrons. The summed E-state index contributed by atoms with van der Waals surface area (Å²) in [7, 11) is 0. The minimum absolute atomic E-state index is 0.0379. The van der Waals surface area contributed by atoms with E-state index >= 15 is 0 Å². The number of fused-ring (bicyclic) bond motifs is 4. The number of nitriles is 1. The number of aromatic amines is 1. The third kappa shape index (κ3) is 4.18. The maximum absolute atomic E-state index is 13.7. The van der Waals surface area contributed by atoms with Crippen LogP contribution in [0.3, 0.4) is 0 Å². The van der Waals surface area contributed by atoms with Gasteiger partial charge in [0.2, 0.25) is 0 Å². The second kappa shape index (κ2) is 9.52. The molecule has 4 aromatic heterocycles. The number of rotatable bonds is 7. The van der Waals surface area contributed by atoms with Crippen molar-refractivity contribution < 1.29 is 0 Å². The normalized spacial score (nSPS) is 15.9. The second-order valence-electron chi connectivity index (χ2n) is 10.1. The minimum Gasteiger partial charge on any atom is -0.295 e. The predicted octanol–water partition coefficient (Wildman–Crippen LogP) is 4.91. The Morgan fingerprint density at radius 3 is 2.83 bits per heavy atom. The van der Waals surface area contributed by atoms with Gasteiger partial charge in [0.1, 0.15) is 16.5 Å². The molecule has 1 unspecified atom stereocenters. The largest absolute Gasteiger partial charge is 0.295 e. The molecule has 4 aromatic rings. The number of hydrogen-bond donors (Lipinski definition) is 1. The number of hydrogen-bond acceptors (Lipinski definition) is 7. The van der Waals surface area contributed by atoms with Crippen LogP contribution >= 0.6 is 23.1 Å². The van der Waals surface area contributed by atoms with Gasteiger partial charge in [-0.25, -0.2) is 14.5 Å². The molecule has 10 heteroatoms. The van der Waals surface area contributed by atoms with Gasteiger partial charge in [0.05, 0.1) is 11.1 Å². The maximum atomic E-state index is 13.7. The molecule has 1 N–H and O–H groups in total. The molecule has 0 spiro atoms. The minimum atomic E-state index is -0.276. The molecule has 1 aliphatic carbocycles. The van der Waals surface area contributed by atoms with Gasteiger partial charge in [-0.3, -0.25) is 19.3 Å². The van der Waals surface area contributed by atoms with E-state index < -0.39 is 0 Å². The van der Waals surface area contributed by atoms with Gasteiger partial charge in [0.15, 0.2) is 10.8 Å². The van der Waals surface area contributed by atoms with Gasteiger partial charge in [-0.05, 0) is 42.6 Å². The Morgan fingerprint density at radius 1 is 1.31 bits per heavy atom. The van der Waals surface area contributed by atoms with Gasteiger partial charge in [0.25, 0.3) is 11.1 Å². The Hall–Kier alpha value is -2.90. The molecule has 36 heavy (non-hydrogen) atoms. The first kappa shape index (κ1) is 24.8. The SMILES string of the molecule is CCCn1c(SCc2cc(=O)n3[nH]cc(C#N)c3n2)nc2sc3c(c2c1=O)CCC(C(C)(C)CC)C3. The van der Waals surface area contributed by atoms with Gasteiger partial charge >= 0.3 is 0 Å². The summed E-state index contributed by atoms with van der Waals surface area (Å²) in [5, 5.41) is 13.5. The van der Waals surface area contributed by atoms with E-state index in [1.165, 1.54) is 39.0 Å². The molecule has 0 saturated carbocycles. The summed E-state index contributed by atoms with van der Waals surface area (Å²) in [6.45, 7) is 9.60. The number of aryl methyl sites for hydroxylation is 1. The van der Waals surface area contributed by atoms with Crippen molar-refractivity contribution in [3.05, 3.63) is 54.7 Å². The Morgan fingerprint density at radius 2 is 2.11 bits per heavy atom. The first-order valence-corrected chi connectivity index (χ1v) is 14.3. The number of aromatic nitrogens is 5.